The first-order chi connectivity index (χ1) is 30.6. The lowest BCUT2D eigenvalue weighted by molar-refractivity contribution is -0.870. The van der Waals surface area contributed by atoms with Crippen LogP contribution in [-0.4, -0.2) is 82.3 Å². The van der Waals surface area contributed by atoms with Gasteiger partial charge in [0.15, 0.2) is 12.4 Å². The second kappa shape index (κ2) is 46.6. The van der Waals surface area contributed by atoms with Gasteiger partial charge in [-0.3, -0.25) is 9.59 Å². The molecule has 0 fully saturated rings. The van der Waals surface area contributed by atoms with Crippen LogP contribution in [0.4, 0.5) is 0 Å². The Morgan fingerprint density at radius 2 is 0.810 bits per heavy atom. The van der Waals surface area contributed by atoms with E-state index in [4.69, 9.17) is 18.9 Å². The van der Waals surface area contributed by atoms with E-state index >= 15 is 0 Å². The summed E-state index contributed by atoms with van der Waals surface area (Å²) in [7, 11) is 5.92. The molecule has 9 nitrogen and oxygen atoms in total. The number of esters is 2. The minimum Gasteiger partial charge on any atom is -0.545 e. The zero-order valence-corrected chi connectivity index (χ0v) is 42.2. The van der Waals surface area contributed by atoms with Gasteiger partial charge in [-0.2, -0.15) is 0 Å². The highest BCUT2D eigenvalue weighted by Gasteiger charge is 2.22. The quantitative estimate of drug-likeness (QED) is 0.0195. The zero-order valence-electron chi connectivity index (χ0n) is 42.2. The summed E-state index contributed by atoms with van der Waals surface area (Å²) in [6, 6.07) is 0. The van der Waals surface area contributed by atoms with E-state index in [0.29, 0.717) is 17.4 Å². The predicted octanol–water partition coefficient (Wildman–Crippen LogP) is 13.7. The van der Waals surface area contributed by atoms with Crippen molar-refractivity contribution in [1.82, 2.24) is 0 Å². The first-order valence-corrected chi connectivity index (χ1v) is 26.8. The first kappa shape index (κ1) is 61.0. The summed E-state index contributed by atoms with van der Waals surface area (Å²) in [6.07, 6.45) is 48.2. The van der Waals surface area contributed by atoms with Gasteiger partial charge in [-0.05, 0) is 38.5 Å². The highest BCUT2D eigenvalue weighted by molar-refractivity contribution is 5.70. The molecule has 372 valence electrons. The van der Waals surface area contributed by atoms with Crippen LogP contribution in [0.5, 0.6) is 0 Å². The van der Waals surface area contributed by atoms with E-state index in [9.17, 15) is 19.5 Å². The van der Waals surface area contributed by atoms with Crippen LogP contribution in [0, 0.1) is 0 Å². The van der Waals surface area contributed by atoms with Crippen molar-refractivity contribution in [2.24, 2.45) is 0 Å². The van der Waals surface area contributed by atoms with Gasteiger partial charge >= 0.3 is 11.9 Å². The molecule has 0 radical (unpaired) electrons. The molecular formula is C54H103NO8. The number of likely N-dealkylation sites (N-methyl/N-ethyl adjacent to an activating group) is 1. The molecule has 0 saturated heterocycles. The number of quaternary nitrogens is 1. The van der Waals surface area contributed by atoms with Gasteiger partial charge in [0.25, 0.3) is 0 Å². The molecule has 0 saturated carbocycles. The van der Waals surface area contributed by atoms with Crippen molar-refractivity contribution in [3.8, 4) is 0 Å². The second-order valence-electron chi connectivity index (χ2n) is 19.5. The summed E-state index contributed by atoms with van der Waals surface area (Å²) in [5, 5.41) is 11.7. The van der Waals surface area contributed by atoms with Crippen molar-refractivity contribution in [1.29, 1.82) is 0 Å². The van der Waals surface area contributed by atoms with E-state index in [-0.39, 0.29) is 32.2 Å². The molecule has 0 amide bonds. The lowest BCUT2D eigenvalue weighted by Crippen LogP contribution is -2.44. The van der Waals surface area contributed by atoms with Gasteiger partial charge in [0.05, 0.1) is 40.3 Å². The third-order valence-corrected chi connectivity index (χ3v) is 12.0. The summed E-state index contributed by atoms with van der Waals surface area (Å²) < 4.78 is 22.7. The van der Waals surface area contributed by atoms with Crippen molar-refractivity contribution >= 4 is 17.9 Å². The fraction of sp³-hybridized carbons (Fsp3) is 0.907. The lowest BCUT2D eigenvalue weighted by Gasteiger charge is -2.26. The second-order valence-corrected chi connectivity index (χ2v) is 19.5. The minimum absolute atomic E-state index is 0.151. The summed E-state index contributed by atoms with van der Waals surface area (Å²) in [4.78, 5) is 37.2. The number of aliphatic carboxylic acids is 1. The smallest absolute Gasteiger partial charge is 0.306 e. The third-order valence-electron chi connectivity index (χ3n) is 12.0. The van der Waals surface area contributed by atoms with E-state index in [1.807, 2.05) is 21.1 Å². The Labute approximate surface area is 389 Å². The van der Waals surface area contributed by atoms with Crippen molar-refractivity contribution in [3.05, 3.63) is 12.2 Å². The Morgan fingerprint density at radius 1 is 0.460 bits per heavy atom. The summed E-state index contributed by atoms with van der Waals surface area (Å²) in [5.41, 5.74) is 0. The van der Waals surface area contributed by atoms with Crippen LogP contribution in [0.15, 0.2) is 12.2 Å². The fourth-order valence-corrected chi connectivity index (χ4v) is 7.83. The number of unbranched alkanes of at least 4 members (excludes halogenated alkanes) is 33. The molecule has 0 aliphatic heterocycles. The predicted molar refractivity (Wildman–Crippen MR) is 260 cm³/mol. The van der Waals surface area contributed by atoms with Gasteiger partial charge in [-0.1, -0.05) is 219 Å². The van der Waals surface area contributed by atoms with E-state index in [1.165, 1.54) is 193 Å². The number of rotatable bonds is 50. The molecule has 0 rings (SSSR count). The molecule has 0 bridgehead atoms. The molecule has 0 N–H and O–H groups in total. The molecule has 0 aliphatic carbocycles. The molecule has 0 aromatic rings. The molecule has 0 aromatic carbocycles. The SMILES string of the molecule is CCCCCCCCCC/C=C\CCCCCCCCCCCCCC(=O)OC(COC(=O)CCCCCCCCCCCCCCCCC)COC(OCC[N+](C)(C)C)C(=O)[O-]. The summed E-state index contributed by atoms with van der Waals surface area (Å²) in [6.45, 7) is 4.79. The van der Waals surface area contributed by atoms with Crippen molar-refractivity contribution in [2.75, 3.05) is 47.5 Å². The van der Waals surface area contributed by atoms with Gasteiger partial charge < -0.3 is 33.3 Å². The molecule has 0 aromatic heterocycles. The van der Waals surface area contributed by atoms with Crippen LogP contribution in [0.1, 0.15) is 258 Å². The highest BCUT2D eigenvalue weighted by Crippen LogP contribution is 2.16. The minimum atomic E-state index is -1.62. The first-order valence-electron chi connectivity index (χ1n) is 26.8. The number of hydrogen-bond donors (Lipinski definition) is 0. The molecule has 0 spiro atoms. The van der Waals surface area contributed by atoms with Crippen molar-refractivity contribution < 1.29 is 42.9 Å². The Kier molecular flexibility index (Phi) is 45.1. The summed E-state index contributed by atoms with van der Waals surface area (Å²) in [5.74, 6) is -2.26. The molecule has 2 atom stereocenters. The highest BCUT2D eigenvalue weighted by atomic mass is 16.7. The topological polar surface area (TPSA) is 111 Å². The van der Waals surface area contributed by atoms with Gasteiger partial charge in [0.2, 0.25) is 0 Å². The fourth-order valence-electron chi connectivity index (χ4n) is 7.83. The Bertz CT molecular complexity index is 1040. The van der Waals surface area contributed by atoms with Gasteiger partial charge in [0, 0.05) is 12.8 Å². The third kappa shape index (κ3) is 47.8. The number of carboxylic acids is 1. The molecule has 0 heterocycles. The van der Waals surface area contributed by atoms with Crippen LogP contribution in [-0.2, 0) is 33.3 Å². The van der Waals surface area contributed by atoms with E-state index in [2.05, 4.69) is 26.0 Å². The van der Waals surface area contributed by atoms with Crippen LogP contribution in [0.25, 0.3) is 0 Å². The number of ether oxygens (including phenoxy) is 4. The van der Waals surface area contributed by atoms with Crippen molar-refractivity contribution in [3.63, 3.8) is 0 Å². The van der Waals surface area contributed by atoms with Crippen LogP contribution in [0.2, 0.25) is 0 Å². The molecule has 2 unspecified atom stereocenters. The summed E-state index contributed by atoms with van der Waals surface area (Å²) >= 11 is 0. The maximum atomic E-state index is 12.8. The Balaban J connectivity index is 4.25. The average molecular weight is 894 g/mol. The standard InChI is InChI=1S/C54H103NO8/c1-6-8-10-12-14-16-18-20-22-23-24-25-26-27-28-29-31-33-35-37-39-41-43-45-52(57)63-50(49-62-54(53(58)59)60-47-46-55(3,4)5)48-61-51(56)44-42-40-38-36-34-32-30-21-19-17-15-13-11-9-7-2/h23-24,50,54H,6-22,25-49H2,1-5H3/b24-23-. The number of allylic oxidation sites excluding steroid dienone is 2. The molecular weight excluding hydrogens is 791 g/mol. The van der Waals surface area contributed by atoms with Crippen LogP contribution >= 0.6 is 0 Å². The maximum Gasteiger partial charge on any atom is 0.306 e. The van der Waals surface area contributed by atoms with Gasteiger partial charge in [-0.25, -0.2) is 0 Å². The zero-order chi connectivity index (χ0) is 46.3. The number of carbonyl (C=O) groups excluding carboxylic acids is 3. The van der Waals surface area contributed by atoms with Gasteiger partial charge in [-0.15, -0.1) is 0 Å². The van der Waals surface area contributed by atoms with Crippen LogP contribution in [0.3, 0.4) is 0 Å². The van der Waals surface area contributed by atoms with E-state index < -0.39 is 24.3 Å². The number of nitrogens with zero attached hydrogens (tertiary/aromatic N) is 1. The molecule has 63 heavy (non-hydrogen) atoms. The van der Waals surface area contributed by atoms with Crippen LogP contribution < -0.4 is 5.11 Å². The number of carboxylic acid groups (broad SMARTS) is 1. The van der Waals surface area contributed by atoms with Crippen molar-refractivity contribution in [2.45, 2.75) is 270 Å². The number of hydrogen-bond acceptors (Lipinski definition) is 8. The van der Waals surface area contributed by atoms with E-state index in [0.717, 1.165) is 38.5 Å². The number of carbonyl (C=O) groups is 3. The van der Waals surface area contributed by atoms with Gasteiger partial charge in [0.1, 0.15) is 13.2 Å². The normalized spacial score (nSPS) is 12.8. The monoisotopic (exact) mass is 894 g/mol. The maximum absolute atomic E-state index is 12.8. The largest absolute Gasteiger partial charge is 0.545 e. The lowest BCUT2D eigenvalue weighted by atomic mass is 10.0. The molecule has 9 heteroatoms. The Hall–Kier alpha value is -1.97. The Morgan fingerprint density at radius 3 is 1.17 bits per heavy atom. The molecule has 0 aliphatic rings. The van der Waals surface area contributed by atoms with E-state index in [1.54, 1.807) is 0 Å². The average Bonchev–Trinajstić information content (AvgIpc) is 3.24.